The summed E-state index contributed by atoms with van der Waals surface area (Å²) in [6, 6.07) is 7.99. The molecule has 0 aliphatic heterocycles. The van der Waals surface area contributed by atoms with Gasteiger partial charge >= 0.3 is 0 Å². The van der Waals surface area contributed by atoms with Gasteiger partial charge in [-0.25, -0.2) is 4.98 Å². The lowest BCUT2D eigenvalue weighted by atomic mass is 9.96. The minimum atomic E-state index is -0.473. The molecule has 1 N–H and O–H groups in total. The summed E-state index contributed by atoms with van der Waals surface area (Å²) in [6.07, 6.45) is 0. The van der Waals surface area contributed by atoms with Gasteiger partial charge in [0.05, 0.1) is 17.6 Å². The van der Waals surface area contributed by atoms with Crippen LogP contribution in [0, 0.1) is 5.41 Å². The van der Waals surface area contributed by atoms with E-state index in [0.29, 0.717) is 12.4 Å². The number of hydrogen-bond acceptors (Lipinski definition) is 3. The highest BCUT2D eigenvalue weighted by Gasteiger charge is 2.24. The SMILES string of the molecule is CC(C)N(C(=O)Cn1c(CNC(=O)C(C)(C)C)nc2ccccc21)C(C)C. The summed E-state index contributed by atoms with van der Waals surface area (Å²) in [5, 5.41) is 2.94. The molecule has 0 fully saturated rings. The Morgan fingerprint density at radius 2 is 1.70 bits per heavy atom. The quantitative estimate of drug-likeness (QED) is 0.846. The van der Waals surface area contributed by atoms with Crippen LogP contribution in [0.25, 0.3) is 11.0 Å². The van der Waals surface area contributed by atoms with Gasteiger partial charge in [-0.2, -0.15) is 0 Å². The highest BCUT2D eigenvalue weighted by molar-refractivity contribution is 5.83. The topological polar surface area (TPSA) is 67.2 Å². The zero-order chi connectivity index (χ0) is 20.4. The van der Waals surface area contributed by atoms with E-state index in [4.69, 9.17) is 0 Å². The highest BCUT2D eigenvalue weighted by Crippen LogP contribution is 2.18. The molecule has 1 heterocycles. The summed E-state index contributed by atoms with van der Waals surface area (Å²) in [5.41, 5.74) is 1.25. The fraction of sp³-hybridized carbons (Fsp3) is 0.571. The smallest absolute Gasteiger partial charge is 0.243 e. The van der Waals surface area contributed by atoms with Crippen molar-refractivity contribution in [3.8, 4) is 0 Å². The van der Waals surface area contributed by atoms with E-state index < -0.39 is 5.41 Å². The van der Waals surface area contributed by atoms with Crippen LogP contribution < -0.4 is 5.32 Å². The highest BCUT2D eigenvalue weighted by atomic mass is 16.2. The fourth-order valence-electron chi connectivity index (χ4n) is 3.25. The summed E-state index contributed by atoms with van der Waals surface area (Å²) >= 11 is 0. The average molecular weight is 373 g/mol. The van der Waals surface area contributed by atoms with Crippen molar-refractivity contribution in [3.63, 3.8) is 0 Å². The van der Waals surface area contributed by atoms with Gasteiger partial charge in [-0.05, 0) is 39.8 Å². The molecule has 6 heteroatoms. The summed E-state index contributed by atoms with van der Waals surface area (Å²) in [4.78, 5) is 31.8. The van der Waals surface area contributed by atoms with Crippen LogP contribution in [-0.2, 0) is 22.7 Å². The molecule has 0 saturated heterocycles. The van der Waals surface area contributed by atoms with E-state index in [1.165, 1.54) is 0 Å². The van der Waals surface area contributed by atoms with Gasteiger partial charge in [-0.1, -0.05) is 32.9 Å². The van der Waals surface area contributed by atoms with Crippen LogP contribution >= 0.6 is 0 Å². The first kappa shape index (κ1) is 20.9. The van der Waals surface area contributed by atoms with Crippen molar-refractivity contribution in [2.24, 2.45) is 5.41 Å². The van der Waals surface area contributed by atoms with E-state index in [1.54, 1.807) is 0 Å². The monoisotopic (exact) mass is 372 g/mol. The maximum atomic E-state index is 13.0. The van der Waals surface area contributed by atoms with Crippen molar-refractivity contribution in [3.05, 3.63) is 30.1 Å². The van der Waals surface area contributed by atoms with Crippen LogP contribution in [0.2, 0.25) is 0 Å². The molecule has 0 radical (unpaired) electrons. The largest absolute Gasteiger partial charge is 0.348 e. The Bertz CT molecular complexity index is 807. The predicted molar refractivity (Wildman–Crippen MR) is 108 cm³/mol. The molecule has 0 unspecified atom stereocenters. The number of fused-ring (bicyclic) bond motifs is 1. The van der Waals surface area contributed by atoms with E-state index in [2.05, 4.69) is 10.3 Å². The lowest BCUT2D eigenvalue weighted by Gasteiger charge is -2.31. The molecule has 2 aromatic rings. The number of carbonyl (C=O) groups excluding carboxylic acids is 2. The minimum Gasteiger partial charge on any atom is -0.348 e. The number of nitrogens with zero attached hydrogens (tertiary/aromatic N) is 3. The maximum Gasteiger partial charge on any atom is 0.243 e. The van der Waals surface area contributed by atoms with Crippen molar-refractivity contribution in [1.29, 1.82) is 0 Å². The fourth-order valence-corrected chi connectivity index (χ4v) is 3.25. The average Bonchev–Trinajstić information content (AvgIpc) is 2.88. The molecular formula is C21H32N4O2. The number of amides is 2. The molecule has 1 aromatic carbocycles. The molecule has 2 amide bonds. The Balaban J connectivity index is 2.33. The third kappa shape index (κ3) is 4.87. The molecule has 0 aliphatic rings. The van der Waals surface area contributed by atoms with E-state index in [1.807, 2.05) is 82.2 Å². The Morgan fingerprint density at radius 3 is 2.26 bits per heavy atom. The second-order valence-corrected chi connectivity index (χ2v) is 8.52. The third-order valence-electron chi connectivity index (χ3n) is 4.52. The van der Waals surface area contributed by atoms with E-state index in [0.717, 1.165) is 11.0 Å². The van der Waals surface area contributed by atoms with Gasteiger partial charge in [0.25, 0.3) is 0 Å². The Labute approximate surface area is 161 Å². The predicted octanol–water partition coefficient (Wildman–Crippen LogP) is 3.34. The van der Waals surface area contributed by atoms with Gasteiger partial charge in [-0.15, -0.1) is 0 Å². The summed E-state index contributed by atoms with van der Waals surface area (Å²) < 4.78 is 1.92. The molecule has 0 saturated carbocycles. The minimum absolute atomic E-state index is 0.0431. The van der Waals surface area contributed by atoms with E-state index in [9.17, 15) is 9.59 Å². The molecule has 0 spiro atoms. The molecule has 27 heavy (non-hydrogen) atoms. The van der Waals surface area contributed by atoms with Gasteiger partial charge in [-0.3, -0.25) is 9.59 Å². The molecule has 2 rings (SSSR count). The molecule has 6 nitrogen and oxygen atoms in total. The standard InChI is InChI=1S/C21H32N4O2/c1-14(2)25(15(3)4)19(26)13-24-17-11-9-8-10-16(17)23-18(24)12-22-20(27)21(5,6)7/h8-11,14-15H,12-13H2,1-7H3,(H,22,27). The van der Waals surface area contributed by atoms with Crippen molar-refractivity contribution in [1.82, 2.24) is 19.8 Å². The van der Waals surface area contributed by atoms with E-state index >= 15 is 0 Å². The number of hydrogen-bond donors (Lipinski definition) is 1. The number of rotatable bonds is 6. The van der Waals surface area contributed by atoms with Crippen LogP contribution in [0.3, 0.4) is 0 Å². The molecule has 0 bridgehead atoms. The van der Waals surface area contributed by atoms with Gasteiger partial charge in [0.15, 0.2) is 0 Å². The first-order chi connectivity index (χ1) is 12.5. The second kappa shape index (κ2) is 8.11. The Morgan fingerprint density at radius 1 is 1.11 bits per heavy atom. The molecular weight excluding hydrogens is 340 g/mol. The number of nitrogens with one attached hydrogen (secondary N) is 1. The molecule has 148 valence electrons. The normalized spacial score (nSPS) is 12.0. The summed E-state index contributed by atoms with van der Waals surface area (Å²) in [5.74, 6) is 0.694. The number of aromatic nitrogens is 2. The van der Waals surface area contributed by atoms with Crippen molar-refractivity contribution in [2.45, 2.75) is 73.6 Å². The lowest BCUT2D eigenvalue weighted by molar-refractivity contribution is -0.135. The summed E-state index contributed by atoms with van der Waals surface area (Å²) in [6.45, 7) is 14.2. The number of para-hydroxylation sites is 2. The molecule has 1 aromatic heterocycles. The number of imidazole rings is 1. The summed E-state index contributed by atoms with van der Waals surface area (Å²) in [7, 11) is 0. The van der Waals surface area contributed by atoms with Crippen molar-refractivity contribution < 1.29 is 9.59 Å². The van der Waals surface area contributed by atoms with Crippen LogP contribution in [-0.4, -0.2) is 38.3 Å². The zero-order valence-corrected chi connectivity index (χ0v) is 17.5. The zero-order valence-electron chi connectivity index (χ0n) is 17.5. The molecule has 0 aliphatic carbocycles. The Hall–Kier alpha value is -2.37. The number of carbonyl (C=O) groups is 2. The maximum absolute atomic E-state index is 13.0. The van der Waals surface area contributed by atoms with Crippen LogP contribution in [0.4, 0.5) is 0 Å². The van der Waals surface area contributed by atoms with Gasteiger partial charge < -0.3 is 14.8 Å². The number of benzene rings is 1. The molecule has 0 atom stereocenters. The van der Waals surface area contributed by atoms with Crippen LogP contribution in [0.15, 0.2) is 24.3 Å². The third-order valence-corrected chi connectivity index (χ3v) is 4.52. The lowest BCUT2D eigenvalue weighted by Crippen LogP contribution is -2.44. The second-order valence-electron chi connectivity index (χ2n) is 8.52. The van der Waals surface area contributed by atoms with Gasteiger partial charge in [0.2, 0.25) is 11.8 Å². The van der Waals surface area contributed by atoms with Gasteiger partial charge in [0, 0.05) is 17.5 Å². The van der Waals surface area contributed by atoms with Crippen LogP contribution in [0.1, 0.15) is 54.3 Å². The first-order valence-corrected chi connectivity index (χ1v) is 9.56. The van der Waals surface area contributed by atoms with Gasteiger partial charge in [0.1, 0.15) is 12.4 Å². The van der Waals surface area contributed by atoms with Crippen molar-refractivity contribution >= 4 is 22.8 Å². The van der Waals surface area contributed by atoms with E-state index in [-0.39, 0.29) is 30.4 Å². The Kier molecular flexibility index (Phi) is 6.29. The van der Waals surface area contributed by atoms with Crippen molar-refractivity contribution in [2.75, 3.05) is 0 Å². The van der Waals surface area contributed by atoms with Crippen LogP contribution in [0.5, 0.6) is 0 Å². The first-order valence-electron chi connectivity index (χ1n) is 9.56.